The van der Waals surface area contributed by atoms with Gasteiger partial charge >= 0.3 is 5.69 Å². The molecule has 38 heavy (non-hydrogen) atoms. The monoisotopic (exact) mass is 510 g/mol. The standard InChI is InChI=1S/C29H26N4O5/c1-37-21-10-8-20(9-11-21)33-28(35)25(27(34)32-29(33)36)26(18-6-4-3-5-7-18)30-15-14-19-17-31-24-13-12-22(38-2)16-23(19)24/h3-13,16-17,31,35H,14-15H2,1-2H3,(H,32,34,36). The third-order valence-electron chi connectivity index (χ3n) is 6.33. The largest absolute Gasteiger partial charge is 0.497 e. The third kappa shape index (κ3) is 4.69. The molecule has 0 bridgehead atoms. The maximum atomic E-state index is 13.0. The number of aromatic hydroxyl groups is 1. The van der Waals surface area contributed by atoms with Crippen molar-refractivity contribution in [1.29, 1.82) is 0 Å². The van der Waals surface area contributed by atoms with Gasteiger partial charge in [-0.05, 0) is 54.4 Å². The SMILES string of the molecule is COc1ccc(-n2c(O)c(C(=NCCc3c[nH]c4ccc(OC)cc34)c3ccccc3)c(=O)[nH]c2=O)cc1. The highest BCUT2D eigenvalue weighted by molar-refractivity contribution is 6.14. The minimum atomic E-state index is -0.762. The summed E-state index contributed by atoms with van der Waals surface area (Å²) in [5.41, 5.74) is 1.72. The molecule has 0 aliphatic heterocycles. The van der Waals surface area contributed by atoms with E-state index in [1.165, 1.54) is 7.11 Å². The molecule has 2 aromatic heterocycles. The Morgan fingerprint density at radius 1 is 0.947 bits per heavy atom. The first-order valence-electron chi connectivity index (χ1n) is 12.0. The average molecular weight is 511 g/mol. The number of aromatic amines is 2. The smallest absolute Gasteiger partial charge is 0.335 e. The molecule has 0 saturated carbocycles. The van der Waals surface area contributed by atoms with E-state index in [0.29, 0.717) is 30.0 Å². The zero-order valence-electron chi connectivity index (χ0n) is 20.9. The van der Waals surface area contributed by atoms with Crippen LogP contribution in [-0.2, 0) is 6.42 Å². The number of aromatic nitrogens is 3. The number of hydrogen-bond acceptors (Lipinski definition) is 6. The fraction of sp³-hybridized carbons (Fsp3) is 0.138. The van der Waals surface area contributed by atoms with E-state index in [1.807, 2.05) is 42.6 Å². The Kier molecular flexibility index (Phi) is 6.82. The van der Waals surface area contributed by atoms with E-state index < -0.39 is 17.1 Å². The second kappa shape index (κ2) is 10.5. The number of benzene rings is 3. The highest BCUT2D eigenvalue weighted by Crippen LogP contribution is 2.25. The van der Waals surface area contributed by atoms with Crippen LogP contribution >= 0.6 is 0 Å². The molecular weight excluding hydrogens is 484 g/mol. The van der Waals surface area contributed by atoms with Crippen molar-refractivity contribution < 1.29 is 14.6 Å². The predicted molar refractivity (Wildman–Crippen MR) is 146 cm³/mol. The Balaban J connectivity index is 1.58. The second-order valence-electron chi connectivity index (χ2n) is 8.56. The summed E-state index contributed by atoms with van der Waals surface area (Å²) in [5.74, 6) is 0.847. The van der Waals surface area contributed by atoms with Crippen molar-refractivity contribution in [3.63, 3.8) is 0 Å². The van der Waals surface area contributed by atoms with Gasteiger partial charge in [-0.25, -0.2) is 9.36 Å². The van der Waals surface area contributed by atoms with Crippen molar-refractivity contribution in [2.24, 2.45) is 4.99 Å². The molecule has 0 aliphatic rings. The Hall–Kier alpha value is -5.05. The number of H-pyrrole nitrogens is 2. The molecule has 0 unspecified atom stereocenters. The number of nitrogens with zero attached hydrogens (tertiary/aromatic N) is 2. The number of nitrogens with one attached hydrogen (secondary N) is 2. The van der Waals surface area contributed by atoms with Crippen molar-refractivity contribution in [2.75, 3.05) is 20.8 Å². The lowest BCUT2D eigenvalue weighted by atomic mass is 10.0. The van der Waals surface area contributed by atoms with Gasteiger partial charge in [-0.15, -0.1) is 0 Å². The van der Waals surface area contributed by atoms with Crippen LogP contribution in [0.1, 0.15) is 16.7 Å². The average Bonchev–Trinajstić information content (AvgIpc) is 3.34. The highest BCUT2D eigenvalue weighted by Gasteiger charge is 2.21. The van der Waals surface area contributed by atoms with Crippen molar-refractivity contribution in [1.82, 2.24) is 14.5 Å². The van der Waals surface area contributed by atoms with Crippen LogP contribution in [0.25, 0.3) is 16.6 Å². The molecule has 9 nitrogen and oxygen atoms in total. The fourth-order valence-corrected chi connectivity index (χ4v) is 4.40. The molecule has 5 aromatic rings. The predicted octanol–water partition coefficient (Wildman–Crippen LogP) is 3.81. The third-order valence-corrected chi connectivity index (χ3v) is 6.33. The molecule has 0 fully saturated rings. The second-order valence-corrected chi connectivity index (χ2v) is 8.56. The lowest BCUT2D eigenvalue weighted by Gasteiger charge is -2.14. The van der Waals surface area contributed by atoms with E-state index in [9.17, 15) is 14.7 Å². The van der Waals surface area contributed by atoms with Gasteiger partial charge in [-0.3, -0.25) is 14.8 Å². The molecule has 3 aromatic carbocycles. The van der Waals surface area contributed by atoms with Gasteiger partial charge in [0.2, 0.25) is 5.88 Å². The molecule has 0 aliphatic carbocycles. The molecule has 5 rings (SSSR count). The lowest BCUT2D eigenvalue weighted by Crippen LogP contribution is -2.33. The van der Waals surface area contributed by atoms with Gasteiger partial charge in [0, 0.05) is 29.2 Å². The van der Waals surface area contributed by atoms with Gasteiger partial charge in [-0.2, -0.15) is 0 Å². The number of rotatable bonds is 8. The minimum Gasteiger partial charge on any atom is -0.497 e. The number of methoxy groups -OCH3 is 2. The number of fused-ring (bicyclic) bond motifs is 1. The Bertz CT molecular complexity index is 1730. The maximum Gasteiger partial charge on any atom is 0.335 e. The molecule has 0 saturated heterocycles. The van der Waals surface area contributed by atoms with Crippen molar-refractivity contribution in [3.8, 4) is 23.1 Å². The van der Waals surface area contributed by atoms with Crippen molar-refractivity contribution in [3.05, 3.63) is 117 Å². The van der Waals surface area contributed by atoms with Crippen molar-refractivity contribution >= 4 is 16.6 Å². The van der Waals surface area contributed by atoms with E-state index in [4.69, 9.17) is 14.5 Å². The van der Waals surface area contributed by atoms with Crippen LogP contribution in [0.2, 0.25) is 0 Å². The number of aliphatic imine (C=N–C) groups is 1. The normalized spacial score (nSPS) is 11.6. The van der Waals surface area contributed by atoms with E-state index in [0.717, 1.165) is 26.8 Å². The summed E-state index contributed by atoms with van der Waals surface area (Å²) in [6.45, 7) is 0.328. The van der Waals surface area contributed by atoms with Crippen LogP contribution in [-0.4, -0.2) is 46.1 Å². The molecule has 0 atom stereocenters. The first-order chi connectivity index (χ1) is 18.5. The lowest BCUT2D eigenvalue weighted by molar-refractivity contribution is 0.414. The summed E-state index contributed by atoms with van der Waals surface area (Å²) in [6.07, 6.45) is 2.50. The van der Waals surface area contributed by atoms with Crippen LogP contribution in [0.3, 0.4) is 0 Å². The number of ether oxygens (including phenoxy) is 2. The first-order valence-corrected chi connectivity index (χ1v) is 12.0. The van der Waals surface area contributed by atoms with Gasteiger partial charge in [0.25, 0.3) is 5.56 Å². The summed E-state index contributed by atoms with van der Waals surface area (Å²) in [7, 11) is 3.16. The van der Waals surface area contributed by atoms with Gasteiger partial charge in [0.1, 0.15) is 17.1 Å². The Morgan fingerprint density at radius 2 is 1.66 bits per heavy atom. The summed E-state index contributed by atoms with van der Waals surface area (Å²) >= 11 is 0. The van der Waals surface area contributed by atoms with Crippen LogP contribution in [0.5, 0.6) is 17.4 Å². The summed E-state index contributed by atoms with van der Waals surface area (Å²) in [5, 5.41) is 12.3. The topological polar surface area (TPSA) is 122 Å². The molecule has 0 radical (unpaired) electrons. The molecule has 2 heterocycles. The molecule has 3 N–H and O–H groups in total. The quantitative estimate of drug-likeness (QED) is 0.274. The molecule has 9 heteroatoms. The zero-order valence-corrected chi connectivity index (χ0v) is 20.9. The molecule has 0 spiro atoms. The van der Waals surface area contributed by atoms with Crippen molar-refractivity contribution in [2.45, 2.75) is 6.42 Å². The Labute approximate surface area is 217 Å². The Morgan fingerprint density at radius 3 is 2.37 bits per heavy atom. The molecule has 0 amide bonds. The minimum absolute atomic E-state index is 0.0905. The maximum absolute atomic E-state index is 13.0. The van der Waals surface area contributed by atoms with Gasteiger partial charge in [-0.1, -0.05) is 30.3 Å². The van der Waals surface area contributed by atoms with Crippen LogP contribution in [0.4, 0.5) is 0 Å². The zero-order chi connectivity index (χ0) is 26.6. The first kappa shape index (κ1) is 24.6. The molecular formula is C29H26N4O5. The van der Waals surface area contributed by atoms with Crippen LogP contribution < -0.4 is 20.7 Å². The summed E-state index contributed by atoms with van der Waals surface area (Å²) in [4.78, 5) is 36.1. The van der Waals surface area contributed by atoms with Gasteiger partial charge in [0.15, 0.2) is 0 Å². The fourth-order valence-electron chi connectivity index (χ4n) is 4.40. The summed E-state index contributed by atoms with van der Waals surface area (Å²) in [6, 6.07) is 21.5. The van der Waals surface area contributed by atoms with E-state index >= 15 is 0 Å². The molecule has 192 valence electrons. The van der Waals surface area contributed by atoms with E-state index in [2.05, 4.69) is 9.97 Å². The van der Waals surface area contributed by atoms with Crippen LogP contribution in [0.15, 0.2) is 93.6 Å². The van der Waals surface area contributed by atoms with E-state index in [-0.39, 0.29) is 11.3 Å². The van der Waals surface area contributed by atoms with Gasteiger partial charge in [0.05, 0.1) is 25.6 Å². The number of hydrogen-bond donors (Lipinski definition) is 3. The van der Waals surface area contributed by atoms with Crippen LogP contribution in [0, 0.1) is 0 Å². The highest BCUT2D eigenvalue weighted by atomic mass is 16.5. The summed E-state index contributed by atoms with van der Waals surface area (Å²) < 4.78 is 11.6. The van der Waals surface area contributed by atoms with Gasteiger partial charge < -0.3 is 19.6 Å². The van der Waals surface area contributed by atoms with E-state index in [1.54, 1.807) is 43.5 Å².